The van der Waals surface area contributed by atoms with E-state index in [1.165, 1.54) is 31.8 Å². The van der Waals surface area contributed by atoms with Gasteiger partial charge in [0.2, 0.25) is 13.6 Å². The average molecular weight is 723 g/mol. The van der Waals surface area contributed by atoms with Gasteiger partial charge in [0.05, 0.1) is 0 Å². The van der Waals surface area contributed by atoms with Crippen LogP contribution in [0, 0.1) is 0 Å². The highest BCUT2D eigenvalue weighted by atomic mass is 31.1. The van der Waals surface area contributed by atoms with Crippen molar-refractivity contribution in [2.24, 2.45) is 0 Å². The molecule has 4 nitrogen and oxygen atoms in total. The van der Waals surface area contributed by atoms with Gasteiger partial charge in [0.15, 0.2) is 23.0 Å². The molecule has 0 amide bonds. The normalized spacial score (nSPS) is 13.6. The molecular weight excluding hydrogens is 678 g/mol. The summed E-state index contributed by atoms with van der Waals surface area (Å²) in [6.07, 6.45) is 0. The van der Waals surface area contributed by atoms with E-state index in [0.29, 0.717) is 0 Å². The second-order valence-electron chi connectivity index (χ2n) is 15.3. The van der Waals surface area contributed by atoms with Gasteiger partial charge in [-0.3, -0.25) is 0 Å². The third-order valence-corrected chi connectivity index (χ3v) is 14.6. The zero-order valence-corrected chi connectivity index (χ0v) is 32.4. The lowest BCUT2D eigenvalue weighted by Gasteiger charge is -2.31. The van der Waals surface area contributed by atoms with E-state index in [9.17, 15) is 0 Å². The molecule has 8 rings (SSSR count). The second-order valence-corrected chi connectivity index (χ2v) is 19.6. The van der Waals surface area contributed by atoms with E-state index in [1.54, 1.807) is 0 Å². The van der Waals surface area contributed by atoms with Crippen LogP contribution in [0.2, 0.25) is 0 Å². The van der Waals surface area contributed by atoms with Crippen molar-refractivity contribution in [1.82, 2.24) is 0 Å². The first kappa shape index (κ1) is 34.5. The van der Waals surface area contributed by atoms with E-state index in [2.05, 4.69) is 175 Å². The van der Waals surface area contributed by atoms with Gasteiger partial charge in [0, 0.05) is 22.3 Å². The summed E-state index contributed by atoms with van der Waals surface area (Å²) in [6.45, 7) is 13.8. The van der Waals surface area contributed by atoms with Crippen LogP contribution in [0.25, 0.3) is 11.1 Å². The third kappa shape index (κ3) is 6.27. The molecular formula is C46H44O4P2. The molecule has 6 aromatic carbocycles. The minimum atomic E-state index is -1.06. The van der Waals surface area contributed by atoms with Gasteiger partial charge in [0.25, 0.3) is 0 Å². The Hall–Kier alpha value is -4.62. The van der Waals surface area contributed by atoms with Gasteiger partial charge >= 0.3 is 0 Å². The van der Waals surface area contributed by atoms with Gasteiger partial charge in [-0.25, -0.2) is 0 Å². The summed E-state index contributed by atoms with van der Waals surface area (Å²) in [5.41, 5.74) is 3.90. The van der Waals surface area contributed by atoms with Gasteiger partial charge < -0.3 is 18.9 Å². The predicted octanol–water partition coefficient (Wildman–Crippen LogP) is 8.92. The maximum Gasteiger partial charge on any atom is 0.231 e. The predicted molar refractivity (Wildman–Crippen MR) is 219 cm³/mol. The van der Waals surface area contributed by atoms with Crippen LogP contribution in [-0.2, 0) is 10.8 Å². The van der Waals surface area contributed by atoms with Crippen molar-refractivity contribution >= 4 is 47.7 Å². The topological polar surface area (TPSA) is 36.9 Å². The number of hydrogen-bond acceptors (Lipinski definition) is 4. The van der Waals surface area contributed by atoms with Crippen molar-refractivity contribution in [3.8, 4) is 34.1 Å². The fourth-order valence-corrected chi connectivity index (χ4v) is 12.2. The van der Waals surface area contributed by atoms with Crippen LogP contribution in [0.1, 0.15) is 52.7 Å². The zero-order chi connectivity index (χ0) is 36.0. The summed E-state index contributed by atoms with van der Waals surface area (Å²) in [7, 11) is -2.12. The Balaban J connectivity index is 1.56. The molecule has 0 aromatic heterocycles. The lowest BCUT2D eigenvalue weighted by Crippen LogP contribution is -2.28. The lowest BCUT2D eigenvalue weighted by molar-refractivity contribution is 0.171. The molecule has 0 aliphatic carbocycles. The Kier molecular flexibility index (Phi) is 9.11. The van der Waals surface area contributed by atoms with Crippen molar-refractivity contribution in [3.63, 3.8) is 0 Å². The highest BCUT2D eigenvalue weighted by Crippen LogP contribution is 2.57. The van der Waals surface area contributed by atoms with E-state index >= 15 is 0 Å². The highest BCUT2D eigenvalue weighted by molar-refractivity contribution is 7.80. The van der Waals surface area contributed by atoms with Crippen LogP contribution in [0.15, 0.2) is 133 Å². The second kappa shape index (κ2) is 13.7. The monoisotopic (exact) mass is 722 g/mol. The first-order chi connectivity index (χ1) is 25.1. The molecule has 2 aliphatic heterocycles. The molecule has 0 atom stereocenters. The summed E-state index contributed by atoms with van der Waals surface area (Å²) >= 11 is 0. The summed E-state index contributed by atoms with van der Waals surface area (Å²) in [6, 6.07) is 48.5. The summed E-state index contributed by atoms with van der Waals surface area (Å²) < 4.78 is 26.3. The van der Waals surface area contributed by atoms with Crippen LogP contribution < -0.4 is 50.8 Å². The molecule has 0 N–H and O–H groups in total. The van der Waals surface area contributed by atoms with E-state index in [4.69, 9.17) is 18.9 Å². The van der Waals surface area contributed by atoms with Crippen LogP contribution in [-0.4, -0.2) is 13.6 Å². The van der Waals surface area contributed by atoms with Crippen LogP contribution >= 0.6 is 15.8 Å². The largest absolute Gasteiger partial charge is 0.453 e. The molecule has 0 saturated heterocycles. The molecule has 0 bridgehead atoms. The summed E-state index contributed by atoms with van der Waals surface area (Å²) in [5, 5.41) is 7.47. The minimum absolute atomic E-state index is 0.157. The Morgan fingerprint density at radius 3 is 0.923 bits per heavy atom. The Morgan fingerprint density at radius 2 is 0.654 bits per heavy atom. The Morgan fingerprint density at radius 1 is 0.385 bits per heavy atom. The molecule has 0 fully saturated rings. The number of rotatable bonds is 7. The molecule has 0 spiro atoms. The highest BCUT2D eigenvalue weighted by Gasteiger charge is 2.40. The average Bonchev–Trinajstić information content (AvgIpc) is 3.83. The molecule has 0 saturated carbocycles. The molecule has 0 unspecified atom stereocenters. The summed E-state index contributed by atoms with van der Waals surface area (Å²) in [5.74, 6) is 3.18. The van der Waals surface area contributed by atoms with Crippen molar-refractivity contribution < 1.29 is 18.9 Å². The number of benzene rings is 6. The van der Waals surface area contributed by atoms with Gasteiger partial charge in [-0.15, -0.1) is 0 Å². The first-order valence-corrected chi connectivity index (χ1v) is 20.5. The molecule has 52 heavy (non-hydrogen) atoms. The van der Waals surface area contributed by atoms with Gasteiger partial charge in [-0.2, -0.15) is 0 Å². The van der Waals surface area contributed by atoms with E-state index in [0.717, 1.165) is 45.3 Å². The van der Waals surface area contributed by atoms with Crippen LogP contribution in [0.5, 0.6) is 23.0 Å². The Labute approximate surface area is 310 Å². The number of fused-ring (bicyclic) bond motifs is 2. The SMILES string of the molecule is CC(C)(C)c1cc(P(c2ccccc2)c2ccccc2)c(-c2c(P(c3ccccc3)c3ccccc3)cc(C(C)(C)C)c3c2OCO3)c2c1OCO2. The molecule has 6 aromatic rings. The van der Waals surface area contributed by atoms with Crippen LogP contribution in [0.4, 0.5) is 0 Å². The third-order valence-electron chi connectivity index (χ3n) is 9.65. The number of hydrogen-bond donors (Lipinski definition) is 0. The molecule has 2 heterocycles. The first-order valence-electron chi connectivity index (χ1n) is 17.9. The number of ether oxygens (including phenoxy) is 4. The molecule has 0 radical (unpaired) electrons. The van der Waals surface area contributed by atoms with Crippen molar-refractivity contribution in [3.05, 3.63) is 145 Å². The van der Waals surface area contributed by atoms with E-state index in [1.807, 2.05) is 0 Å². The minimum Gasteiger partial charge on any atom is -0.453 e. The lowest BCUT2D eigenvalue weighted by atomic mass is 9.83. The van der Waals surface area contributed by atoms with E-state index in [-0.39, 0.29) is 24.4 Å². The molecule has 6 heteroatoms. The van der Waals surface area contributed by atoms with Gasteiger partial charge in [-0.05, 0) is 70.6 Å². The van der Waals surface area contributed by atoms with Gasteiger partial charge in [-0.1, -0.05) is 163 Å². The van der Waals surface area contributed by atoms with Crippen molar-refractivity contribution in [2.45, 2.75) is 52.4 Å². The quantitative estimate of drug-likeness (QED) is 0.154. The van der Waals surface area contributed by atoms with Crippen LogP contribution in [0.3, 0.4) is 0 Å². The van der Waals surface area contributed by atoms with E-state index < -0.39 is 15.8 Å². The fraction of sp³-hybridized carbons (Fsp3) is 0.217. The standard InChI is InChI=1S/C46H44O4P2/c1-45(2,3)35-27-37(51(31-19-11-7-12-20-31)32-21-13-8-14-22-32)39(43-41(35)47-29-49-43)40-38(28-36(46(4,5)6)42-44(40)50-30-48-42)52(33-23-15-9-16-24-33)34-25-17-10-18-26-34/h7-28H,29-30H2,1-6H3. The molecule has 2 aliphatic rings. The maximum absolute atomic E-state index is 6.68. The summed E-state index contributed by atoms with van der Waals surface area (Å²) in [4.78, 5) is 0. The smallest absolute Gasteiger partial charge is 0.231 e. The van der Waals surface area contributed by atoms with Crippen molar-refractivity contribution in [2.75, 3.05) is 13.6 Å². The Bertz CT molecular complexity index is 1970. The zero-order valence-electron chi connectivity index (χ0n) is 30.6. The van der Waals surface area contributed by atoms with Gasteiger partial charge in [0.1, 0.15) is 0 Å². The maximum atomic E-state index is 6.68. The van der Waals surface area contributed by atoms with Crippen molar-refractivity contribution in [1.29, 1.82) is 0 Å². The fourth-order valence-electron chi connectivity index (χ4n) is 7.22. The molecule has 262 valence electrons.